The van der Waals surface area contributed by atoms with Crippen LogP contribution in [-0.4, -0.2) is 69.5 Å². The molecule has 1 saturated heterocycles. The molecule has 0 aliphatic carbocycles. The number of halogens is 1. The molecule has 2 atom stereocenters. The van der Waals surface area contributed by atoms with Crippen LogP contribution >= 0.6 is 15.9 Å². The zero-order chi connectivity index (χ0) is 13.2. The molecule has 0 saturated carbocycles. The summed E-state index contributed by atoms with van der Waals surface area (Å²) >= 11 is 3.72. The van der Waals surface area contributed by atoms with Gasteiger partial charge in [-0.15, -0.1) is 0 Å². The van der Waals surface area contributed by atoms with Crippen molar-refractivity contribution in [3.63, 3.8) is 0 Å². The standard InChI is InChI=1S/C13H26BrNO3/c1-12-11-15(4-3-13(12)14)5-6-17-9-10-18-8-7-16-2/h12-13H,3-11H2,1-2H3. The number of alkyl halides is 1. The highest BCUT2D eigenvalue weighted by Gasteiger charge is 2.23. The third kappa shape index (κ3) is 7.04. The maximum Gasteiger partial charge on any atom is 0.0701 e. The van der Waals surface area contributed by atoms with E-state index in [2.05, 4.69) is 27.8 Å². The number of hydrogen-bond donors (Lipinski definition) is 0. The molecular formula is C13H26BrNO3. The van der Waals surface area contributed by atoms with E-state index in [1.165, 1.54) is 19.5 Å². The van der Waals surface area contributed by atoms with Crippen LogP contribution in [0.25, 0.3) is 0 Å². The van der Waals surface area contributed by atoms with E-state index < -0.39 is 0 Å². The van der Waals surface area contributed by atoms with Gasteiger partial charge in [0.15, 0.2) is 0 Å². The maximum absolute atomic E-state index is 5.56. The third-order valence-electron chi connectivity index (χ3n) is 3.24. The minimum atomic E-state index is 0.649. The van der Waals surface area contributed by atoms with E-state index in [1.54, 1.807) is 7.11 Å². The molecule has 0 aromatic carbocycles. The first-order valence-electron chi connectivity index (χ1n) is 6.75. The lowest BCUT2D eigenvalue weighted by Crippen LogP contribution is -2.41. The van der Waals surface area contributed by atoms with Crippen LogP contribution < -0.4 is 0 Å². The molecule has 1 aliphatic heterocycles. The highest BCUT2D eigenvalue weighted by atomic mass is 79.9. The van der Waals surface area contributed by atoms with Crippen LogP contribution in [0.5, 0.6) is 0 Å². The normalized spacial score (nSPS) is 25.5. The fourth-order valence-corrected chi connectivity index (χ4v) is 2.44. The topological polar surface area (TPSA) is 30.9 Å². The van der Waals surface area contributed by atoms with Crippen molar-refractivity contribution in [2.75, 3.05) is 59.8 Å². The van der Waals surface area contributed by atoms with Gasteiger partial charge in [0, 0.05) is 25.0 Å². The zero-order valence-corrected chi connectivity index (χ0v) is 13.2. The van der Waals surface area contributed by atoms with Crippen LogP contribution in [0.15, 0.2) is 0 Å². The van der Waals surface area contributed by atoms with Gasteiger partial charge in [-0.3, -0.25) is 0 Å². The molecule has 18 heavy (non-hydrogen) atoms. The summed E-state index contributed by atoms with van der Waals surface area (Å²) in [5.41, 5.74) is 0. The Labute approximate surface area is 119 Å². The molecule has 1 fully saturated rings. The van der Waals surface area contributed by atoms with E-state index in [9.17, 15) is 0 Å². The largest absolute Gasteiger partial charge is 0.382 e. The Morgan fingerprint density at radius 2 is 1.78 bits per heavy atom. The number of rotatable bonds is 9. The Bertz CT molecular complexity index is 207. The Morgan fingerprint density at radius 1 is 1.11 bits per heavy atom. The molecule has 2 unspecified atom stereocenters. The van der Waals surface area contributed by atoms with Gasteiger partial charge in [0.05, 0.1) is 33.0 Å². The van der Waals surface area contributed by atoms with Gasteiger partial charge in [-0.25, -0.2) is 0 Å². The second kappa shape index (κ2) is 10.1. The van der Waals surface area contributed by atoms with E-state index in [-0.39, 0.29) is 0 Å². The molecule has 0 spiro atoms. The van der Waals surface area contributed by atoms with Gasteiger partial charge in [0.2, 0.25) is 0 Å². The molecule has 0 aromatic rings. The number of methoxy groups -OCH3 is 1. The first-order valence-corrected chi connectivity index (χ1v) is 7.66. The SMILES string of the molecule is COCCOCCOCCN1CCC(Br)C(C)C1. The van der Waals surface area contributed by atoms with E-state index in [4.69, 9.17) is 14.2 Å². The fraction of sp³-hybridized carbons (Fsp3) is 1.00. The van der Waals surface area contributed by atoms with Crippen LogP contribution in [0.1, 0.15) is 13.3 Å². The van der Waals surface area contributed by atoms with Crippen molar-refractivity contribution in [2.45, 2.75) is 18.2 Å². The van der Waals surface area contributed by atoms with Gasteiger partial charge < -0.3 is 19.1 Å². The lowest BCUT2D eigenvalue weighted by Gasteiger charge is -2.34. The summed E-state index contributed by atoms with van der Waals surface area (Å²) in [5.74, 6) is 0.733. The fourth-order valence-electron chi connectivity index (χ4n) is 2.06. The van der Waals surface area contributed by atoms with Gasteiger partial charge in [-0.2, -0.15) is 0 Å². The number of nitrogens with zero attached hydrogens (tertiary/aromatic N) is 1. The predicted molar refractivity (Wildman–Crippen MR) is 76.5 cm³/mol. The number of piperidine rings is 1. The van der Waals surface area contributed by atoms with Crippen molar-refractivity contribution in [3.05, 3.63) is 0 Å². The molecule has 108 valence electrons. The summed E-state index contributed by atoms with van der Waals surface area (Å²) < 4.78 is 15.8. The summed E-state index contributed by atoms with van der Waals surface area (Å²) in [6, 6.07) is 0. The minimum Gasteiger partial charge on any atom is -0.382 e. The lowest BCUT2D eigenvalue weighted by atomic mass is 10.0. The molecule has 0 radical (unpaired) electrons. The highest BCUT2D eigenvalue weighted by Crippen LogP contribution is 2.22. The predicted octanol–water partition coefficient (Wildman–Crippen LogP) is 1.77. The van der Waals surface area contributed by atoms with Crippen molar-refractivity contribution in [1.82, 2.24) is 4.90 Å². The molecule has 1 heterocycles. The Balaban J connectivity index is 1.89. The van der Waals surface area contributed by atoms with Gasteiger partial charge in [0.25, 0.3) is 0 Å². The molecule has 1 aliphatic rings. The van der Waals surface area contributed by atoms with E-state index in [0.717, 1.165) is 19.1 Å². The monoisotopic (exact) mass is 323 g/mol. The molecule has 1 rings (SSSR count). The summed E-state index contributed by atoms with van der Waals surface area (Å²) in [6.45, 7) is 9.11. The van der Waals surface area contributed by atoms with E-state index in [0.29, 0.717) is 31.3 Å². The molecule has 0 amide bonds. The Hall–Kier alpha value is 0.320. The highest BCUT2D eigenvalue weighted by molar-refractivity contribution is 9.09. The first kappa shape index (κ1) is 16.4. The van der Waals surface area contributed by atoms with Crippen LogP contribution in [-0.2, 0) is 14.2 Å². The smallest absolute Gasteiger partial charge is 0.0701 e. The Kier molecular flexibility index (Phi) is 9.23. The second-order valence-electron chi connectivity index (χ2n) is 4.80. The van der Waals surface area contributed by atoms with Gasteiger partial charge >= 0.3 is 0 Å². The average molecular weight is 324 g/mol. The Morgan fingerprint density at radius 3 is 2.44 bits per heavy atom. The average Bonchev–Trinajstić information content (AvgIpc) is 2.37. The minimum absolute atomic E-state index is 0.649. The van der Waals surface area contributed by atoms with Crippen LogP contribution in [0.2, 0.25) is 0 Å². The molecule has 0 N–H and O–H groups in total. The maximum atomic E-state index is 5.56. The van der Waals surface area contributed by atoms with E-state index >= 15 is 0 Å². The van der Waals surface area contributed by atoms with E-state index in [1.807, 2.05) is 0 Å². The third-order valence-corrected chi connectivity index (χ3v) is 4.60. The van der Waals surface area contributed by atoms with Crippen molar-refractivity contribution < 1.29 is 14.2 Å². The second-order valence-corrected chi connectivity index (χ2v) is 5.98. The van der Waals surface area contributed by atoms with Crippen LogP contribution in [0.4, 0.5) is 0 Å². The van der Waals surface area contributed by atoms with Crippen molar-refractivity contribution in [2.24, 2.45) is 5.92 Å². The number of hydrogen-bond acceptors (Lipinski definition) is 4. The zero-order valence-electron chi connectivity index (χ0n) is 11.6. The van der Waals surface area contributed by atoms with Gasteiger partial charge in [-0.1, -0.05) is 22.9 Å². The lowest BCUT2D eigenvalue weighted by molar-refractivity contribution is 0.0172. The van der Waals surface area contributed by atoms with Crippen LogP contribution in [0.3, 0.4) is 0 Å². The van der Waals surface area contributed by atoms with Crippen molar-refractivity contribution in [1.29, 1.82) is 0 Å². The molecular weight excluding hydrogens is 298 g/mol. The number of ether oxygens (including phenoxy) is 3. The van der Waals surface area contributed by atoms with Gasteiger partial charge in [-0.05, 0) is 18.9 Å². The van der Waals surface area contributed by atoms with Gasteiger partial charge in [0.1, 0.15) is 0 Å². The quantitative estimate of drug-likeness (QED) is 0.478. The summed E-state index contributed by atoms with van der Waals surface area (Å²) in [6.07, 6.45) is 1.24. The van der Waals surface area contributed by atoms with Crippen LogP contribution in [0, 0.1) is 5.92 Å². The summed E-state index contributed by atoms with van der Waals surface area (Å²) in [4.78, 5) is 3.16. The van der Waals surface area contributed by atoms with Crippen molar-refractivity contribution >= 4 is 15.9 Å². The molecule has 4 nitrogen and oxygen atoms in total. The van der Waals surface area contributed by atoms with Crippen molar-refractivity contribution in [3.8, 4) is 0 Å². The summed E-state index contributed by atoms with van der Waals surface area (Å²) in [5, 5.41) is 0. The molecule has 0 bridgehead atoms. The summed E-state index contributed by atoms with van der Waals surface area (Å²) in [7, 11) is 1.68. The molecule has 5 heteroatoms. The molecule has 0 aromatic heterocycles. The number of likely N-dealkylation sites (tertiary alicyclic amines) is 1. The first-order chi connectivity index (χ1) is 8.74.